The Kier molecular flexibility index (Phi) is 3.94. The third-order valence-corrected chi connectivity index (χ3v) is 5.01. The molecule has 20 heavy (non-hydrogen) atoms. The van der Waals surface area contributed by atoms with Crippen LogP contribution in [0, 0.1) is 6.92 Å². The molecule has 0 amide bonds. The number of anilines is 1. The SMILES string of the molecule is CCc1ccsc1CNc1nc(C2CC2)nc(Cl)c1C. The van der Waals surface area contributed by atoms with Gasteiger partial charge in [-0.25, -0.2) is 9.97 Å². The maximum absolute atomic E-state index is 6.22. The Bertz CT molecular complexity index is 620. The fraction of sp³-hybridized carbons (Fsp3) is 0.467. The van der Waals surface area contributed by atoms with Crippen LogP contribution < -0.4 is 5.32 Å². The van der Waals surface area contributed by atoms with Crippen LogP contribution in [0.25, 0.3) is 0 Å². The van der Waals surface area contributed by atoms with Gasteiger partial charge in [-0.05, 0) is 43.2 Å². The van der Waals surface area contributed by atoms with Gasteiger partial charge < -0.3 is 5.32 Å². The maximum atomic E-state index is 6.22. The lowest BCUT2D eigenvalue weighted by molar-refractivity contribution is 0.911. The van der Waals surface area contributed by atoms with Crippen molar-refractivity contribution < 1.29 is 0 Å². The Labute approximate surface area is 128 Å². The maximum Gasteiger partial charge on any atom is 0.137 e. The predicted octanol–water partition coefficient (Wildman–Crippen LogP) is 4.55. The summed E-state index contributed by atoms with van der Waals surface area (Å²) >= 11 is 8.01. The molecule has 0 radical (unpaired) electrons. The molecule has 1 saturated carbocycles. The van der Waals surface area contributed by atoms with Crippen LogP contribution in [-0.4, -0.2) is 9.97 Å². The zero-order valence-corrected chi connectivity index (χ0v) is 13.3. The minimum atomic E-state index is 0.515. The predicted molar refractivity (Wildman–Crippen MR) is 84.8 cm³/mol. The number of rotatable bonds is 5. The standard InChI is InChI=1S/C15H18ClN3S/c1-3-10-6-7-20-12(10)8-17-14-9(2)13(16)18-15(19-14)11-4-5-11/h6-7,11H,3-5,8H2,1-2H3,(H,17,18,19). The van der Waals surface area contributed by atoms with Gasteiger partial charge in [-0.1, -0.05) is 18.5 Å². The summed E-state index contributed by atoms with van der Waals surface area (Å²) in [6.07, 6.45) is 3.44. The minimum absolute atomic E-state index is 0.515. The smallest absolute Gasteiger partial charge is 0.137 e. The van der Waals surface area contributed by atoms with Gasteiger partial charge >= 0.3 is 0 Å². The van der Waals surface area contributed by atoms with Gasteiger partial charge in [-0.3, -0.25) is 0 Å². The van der Waals surface area contributed by atoms with Gasteiger partial charge in [-0.2, -0.15) is 0 Å². The van der Waals surface area contributed by atoms with E-state index in [0.717, 1.165) is 30.2 Å². The third-order valence-electron chi connectivity index (χ3n) is 3.68. The second-order valence-electron chi connectivity index (χ2n) is 5.20. The van der Waals surface area contributed by atoms with Gasteiger partial charge in [0.1, 0.15) is 16.8 Å². The quantitative estimate of drug-likeness (QED) is 0.823. The van der Waals surface area contributed by atoms with Crippen molar-refractivity contribution in [3.63, 3.8) is 0 Å². The number of halogens is 1. The van der Waals surface area contributed by atoms with Crippen LogP contribution in [0.2, 0.25) is 5.15 Å². The first-order valence-corrected chi connectivity index (χ1v) is 8.28. The van der Waals surface area contributed by atoms with E-state index >= 15 is 0 Å². The molecule has 0 aliphatic heterocycles. The second-order valence-corrected chi connectivity index (χ2v) is 6.56. The molecule has 0 saturated heterocycles. The molecule has 0 aromatic carbocycles. The molecule has 1 aliphatic carbocycles. The van der Waals surface area contributed by atoms with Crippen molar-refractivity contribution in [1.82, 2.24) is 9.97 Å². The third kappa shape index (κ3) is 2.81. The van der Waals surface area contributed by atoms with Crippen LogP contribution in [0.4, 0.5) is 5.82 Å². The number of nitrogens with zero attached hydrogens (tertiary/aromatic N) is 2. The molecule has 2 heterocycles. The van der Waals surface area contributed by atoms with Crippen molar-refractivity contribution in [2.75, 3.05) is 5.32 Å². The highest BCUT2D eigenvalue weighted by Crippen LogP contribution is 2.39. The molecule has 0 spiro atoms. The molecule has 0 atom stereocenters. The average molecular weight is 308 g/mol. The molecule has 0 bridgehead atoms. The van der Waals surface area contributed by atoms with Crippen molar-refractivity contribution in [2.45, 2.75) is 45.6 Å². The summed E-state index contributed by atoms with van der Waals surface area (Å²) in [5.41, 5.74) is 2.34. The Balaban J connectivity index is 1.79. The Morgan fingerprint density at radius 2 is 2.20 bits per heavy atom. The molecule has 3 nitrogen and oxygen atoms in total. The summed E-state index contributed by atoms with van der Waals surface area (Å²) in [7, 11) is 0. The van der Waals surface area contributed by atoms with Crippen LogP contribution >= 0.6 is 22.9 Å². The molecule has 1 N–H and O–H groups in total. The Hall–Kier alpha value is -1.13. The van der Waals surface area contributed by atoms with E-state index in [1.165, 1.54) is 23.3 Å². The van der Waals surface area contributed by atoms with Crippen molar-refractivity contribution in [1.29, 1.82) is 0 Å². The number of thiophene rings is 1. The summed E-state index contributed by atoms with van der Waals surface area (Å²) in [6, 6.07) is 2.19. The van der Waals surface area contributed by atoms with E-state index in [2.05, 4.69) is 33.7 Å². The van der Waals surface area contributed by atoms with Gasteiger partial charge in [0.15, 0.2) is 0 Å². The molecular weight excluding hydrogens is 290 g/mol. The number of hydrogen-bond donors (Lipinski definition) is 1. The van der Waals surface area contributed by atoms with E-state index in [0.29, 0.717) is 11.1 Å². The lowest BCUT2D eigenvalue weighted by atomic mass is 10.2. The number of hydrogen-bond acceptors (Lipinski definition) is 4. The number of aromatic nitrogens is 2. The summed E-state index contributed by atoms with van der Waals surface area (Å²) < 4.78 is 0. The minimum Gasteiger partial charge on any atom is -0.365 e. The molecule has 1 fully saturated rings. The number of nitrogens with one attached hydrogen (secondary N) is 1. The van der Waals surface area contributed by atoms with Crippen molar-refractivity contribution in [2.24, 2.45) is 0 Å². The summed E-state index contributed by atoms with van der Waals surface area (Å²) in [6.45, 7) is 4.96. The molecular formula is C15H18ClN3S. The lowest BCUT2D eigenvalue weighted by Crippen LogP contribution is -2.07. The lowest BCUT2D eigenvalue weighted by Gasteiger charge is -2.11. The summed E-state index contributed by atoms with van der Waals surface area (Å²) in [5, 5.41) is 6.15. The van der Waals surface area contributed by atoms with Gasteiger partial charge in [0, 0.05) is 16.4 Å². The van der Waals surface area contributed by atoms with Gasteiger partial charge in [-0.15, -0.1) is 11.3 Å². The van der Waals surface area contributed by atoms with Gasteiger partial charge in [0.05, 0.1) is 6.54 Å². The van der Waals surface area contributed by atoms with E-state index in [1.807, 2.05) is 6.92 Å². The molecule has 2 aromatic heterocycles. The van der Waals surface area contributed by atoms with E-state index in [-0.39, 0.29) is 0 Å². The van der Waals surface area contributed by atoms with Gasteiger partial charge in [0.25, 0.3) is 0 Å². The van der Waals surface area contributed by atoms with Gasteiger partial charge in [0.2, 0.25) is 0 Å². The van der Waals surface area contributed by atoms with Crippen molar-refractivity contribution in [3.8, 4) is 0 Å². The molecule has 3 rings (SSSR count). The van der Waals surface area contributed by atoms with E-state index < -0.39 is 0 Å². The van der Waals surface area contributed by atoms with Crippen LogP contribution in [0.3, 0.4) is 0 Å². The monoisotopic (exact) mass is 307 g/mol. The van der Waals surface area contributed by atoms with E-state index in [1.54, 1.807) is 11.3 Å². The molecule has 106 valence electrons. The fourth-order valence-corrected chi connectivity index (χ4v) is 3.29. The Morgan fingerprint density at radius 1 is 1.40 bits per heavy atom. The number of aryl methyl sites for hydroxylation is 1. The molecule has 1 aliphatic rings. The average Bonchev–Trinajstić information content (AvgIpc) is 3.19. The van der Waals surface area contributed by atoms with Crippen LogP contribution in [-0.2, 0) is 13.0 Å². The summed E-state index contributed by atoms with van der Waals surface area (Å²) in [4.78, 5) is 10.4. The van der Waals surface area contributed by atoms with Crippen molar-refractivity contribution in [3.05, 3.63) is 38.4 Å². The first-order valence-electron chi connectivity index (χ1n) is 7.02. The second kappa shape index (κ2) is 5.70. The fourth-order valence-electron chi connectivity index (χ4n) is 2.20. The van der Waals surface area contributed by atoms with E-state index in [4.69, 9.17) is 11.6 Å². The highest BCUT2D eigenvalue weighted by molar-refractivity contribution is 7.10. The largest absolute Gasteiger partial charge is 0.365 e. The topological polar surface area (TPSA) is 37.8 Å². The van der Waals surface area contributed by atoms with Crippen LogP contribution in [0.5, 0.6) is 0 Å². The zero-order chi connectivity index (χ0) is 14.1. The normalized spacial score (nSPS) is 14.6. The molecule has 0 unspecified atom stereocenters. The first kappa shape index (κ1) is 13.8. The van der Waals surface area contributed by atoms with Crippen molar-refractivity contribution >= 4 is 28.8 Å². The van der Waals surface area contributed by atoms with E-state index in [9.17, 15) is 0 Å². The van der Waals surface area contributed by atoms with Crippen LogP contribution in [0.15, 0.2) is 11.4 Å². The van der Waals surface area contributed by atoms with Crippen LogP contribution in [0.1, 0.15) is 47.5 Å². The summed E-state index contributed by atoms with van der Waals surface area (Å²) in [5.74, 6) is 2.29. The highest BCUT2D eigenvalue weighted by atomic mass is 35.5. The molecule has 5 heteroatoms. The highest BCUT2D eigenvalue weighted by Gasteiger charge is 2.28. The zero-order valence-electron chi connectivity index (χ0n) is 11.7. The Morgan fingerprint density at radius 3 is 2.90 bits per heavy atom. The molecule has 2 aromatic rings. The first-order chi connectivity index (χ1) is 9.69.